The Balaban J connectivity index is 0.000000496. The first-order valence-corrected chi connectivity index (χ1v) is 8.58. The largest absolute Gasteiger partial charge is 0.480 e. The minimum absolute atomic E-state index is 0.778. The van der Waals surface area contributed by atoms with E-state index >= 15 is 0 Å². The summed E-state index contributed by atoms with van der Waals surface area (Å²) in [7, 11) is -11.4. The number of nitrogens with zero attached hydrogens (tertiary/aromatic N) is 2. The van der Waals surface area contributed by atoms with Gasteiger partial charge in [-0.25, -0.2) is 21.4 Å². The lowest BCUT2D eigenvalue weighted by molar-refractivity contribution is -0.671. The number of hydrogen-bond donors (Lipinski definition) is 0. The van der Waals surface area contributed by atoms with Crippen molar-refractivity contribution in [1.82, 2.24) is 0 Å². The Morgan fingerprint density at radius 1 is 0.875 bits per heavy atom. The van der Waals surface area contributed by atoms with Crippen LogP contribution in [0.5, 0.6) is 0 Å². The van der Waals surface area contributed by atoms with E-state index in [1.54, 1.807) is 0 Å². The van der Waals surface area contributed by atoms with E-state index in [0.29, 0.717) is 0 Å². The van der Waals surface area contributed by atoms with Crippen LogP contribution in [0.3, 0.4) is 0 Å². The van der Waals surface area contributed by atoms with Crippen molar-refractivity contribution in [1.29, 1.82) is 0 Å². The maximum atomic E-state index is 11.4. The number of aromatic nitrogens is 1. The van der Waals surface area contributed by atoms with Crippen molar-refractivity contribution in [2.75, 3.05) is 0 Å². The van der Waals surface area contributed by atoms with Crippen LogP contribution in [-0.2, 0) is 27.1 Å². The molecule has 1 aromatic rings. The van der Waals surface area contributed by atoms with E-state index in [1.165, 1.54) is 11.1 Å². The minimum Gasteiger partial charge on any atom is -0.421 e. The molecule has 6 nitrogen and oxygen atoms in total. The molecule has 1 rings (SSSR count). The van der Waals surface area contributed by atoms with Crippen molar-refractivity contribution in [3.05, 3.63) is 33.7 Å². The summed E-state index contributed by atoms with van der Waals surface area (Å²) in [4.78, 5) is 0. The molecule has 0 atom stereocenters. The lowest BCUT2D eigenvalue weighted by atomic mass is 10.2. The molecule has 14 heteroatoms. The Morgan fingerprint density at radius 3 is 1.50 bits per heavy atom. The molecular formula is C10H12F6N2O4S2. The summed E-state index contributed by atoms with van der Waals surface area (Å²) in [6.07, 6.45) is 4.18. The van der Waals surface area contributed by atoms with Gasteiger partial charge in [-0.15, -0.1) is 0 Å². The van der Waals surface area contributed by atoms with Gasteiger partial charge in [0.2, 0.25) is 0 Å². The lowest BCUT2D eigenvalue weighted by Crippen LogP contribution is -2.30. The second kappa shape index (κ2) is 7.23. The fourth-order valence-electron chi connectivity index (χ4n) is 1.02. The number of rotatable bonds is 2. The third-order valence-electron chi connectivity index (χ3n) is 2.36. The molecule has 140 valence electrons. The Morgan fingerprint density at radius 2 is 1.25 bits per heavy atom. The van der Waals surface area contributed by atoms with E-state index in [2.05, 4.69) is 36.9 Å². The zero-order chi connectivity index (χ0) is 19.6. The first-order valence-electron chi connectivity index (χ1n) is 5.70. The summed E-state index contributed by atoms with van der Waals surface area (Å²) in [5.41, 5.74) is -9.70. The van der Waals surface area contributed by atoms with Crippen LogP contribution in [0.2, 0.25) is 0 Å². The highest BCUT2D eigenvalue weighted by atomic mass is 32.3. The molecule has 1 aromatic heterocycles. The summed E-state index contributed by atoms with van der Waals surface area (Å²) < 4.78 is 111. The summed E-state index contributed by atoms with van der Waals surface area (Å²) in [5.74, 6) is 0. The topological polar surface area (TPSA) is 86.3 Å². The van der Waals surface area contributed by atoms with Gasteiger partial charge in [0, 0.05) is 11.6 Å². The van der Waals surface area contributed by atoms with E-state index in [0.717, 1.165) is 4.13 Å². The van der Waals surface area contributed by atoms with Crippen LogP contribution in [0.4, 0.5) is 26.3 Å². The molecule has 0 aromatic carbocycles. The predicted molar refractivity (Wildman–Crippen MR) is 70.4 cm³/mol. The Kier molecular flexibility index (Phi) is 6.80. The quantitative estimate of drug-likeness (QED) is 0.561. The van der Waals surface area contributed by atoms with E-state index < -0.39 is 31.1 Å². The smallest absolute Gasteiger partial charge is 0.421 e. The molecule has 0 unspecified atom stereocenters. The van der Waals surface area contributed by atoms with Gasteiger partial charge < -0.3 is 4.13 Å². The van der Waals surface area contributed by atoms with Crippen molar-refractivity contribution in [2.24, 2.45) is 7.05 Å². The van der Waals surface area contributed by atoms with Crippen LogP contribution < -0.4 is 4.57 Å². The van der Waals surface area contributed by atoms with E-state index in [4.69, 9.17) is 0 Å². The normalized spacial score (nSPS) is 13.2. The van der Waals surface area contributed by atoms with Crippen molar-refractivity contribution in [3.63, 3.8) is 0 Å². The number of hydrogen-bond acceptors (Lipinski definition) is 4. The van der Waals surface area contributed by atoms with Crippen LogP contribution in [0.1, 0.15) is 11.1 Å². The molecule has 0 bridgehead atoms. The third-order valence-corrected chi connectivity index (χ3v) is 5.10. The Hall–Kier alpha value is -1.41. The summed E-state index contributed by atoms with van der Waals surface area (Å²) in [6, 6.07) is 2.12. The first-order chi connectivity index (χ1) is 10.4. The third kappa shape index (κ3) is 6.24. The Labute approximate surface area is 134 Å². The molecule has 0 aliphatic carbocycles. The lowest BCUT2D eigenvalue weighted by Gasteiger charge is -2.22. The van der Waals surface area contributed by atoms with Crippen LogP contribution in [0.15, 0.2) is 18.5 Å². The molecule has 0 spiro atoms. The SMILES string of the molecule is Cc1cc[n+](C)cc1C.O=S(=O)([N-]S(=O)(=O)C(F)(F)F)C(F)(F)F. The molecule has 0 N–H and O–H groups in total. The monoisotopic (exact) mass is 402 g/mol. The van der Waals surface area contributed by atoms with Gasteiger partial charge in [0.15, 0.2) is 32.4 Å². The molecule has 0 aliphatic rings. The number of halogens is 6. The van der Waals surface area contributed by atoms with Crippen molar-refractivity contribution >= 4 is 20.0 Å². The fraction of sp³-hybridized carbons (Fsp3) is 0.500. The maximum Gasteiger partial charge on any atom is 0.480 e. The molecular weight excluding hydrogens is 390 g/mol. The maximum absolute atomic E-state index is 11.4. The Bertz CT molecular complexity index is 743. The number of sulfonamides is 2. The highest BCUT2D eigenvalue weighted by molar-refractivity contribution is 8.13. The second-order valence-corrected chi connectivity index (χ2v) is 7.81. The van der Waals surface area contributed by atoms with E-state index in [9.17, 15) is 43.2 Å². The van der Waals surface area contributed by atoms with Gasteiger partial charge in [-0.1, -0.05) is 0 Å². The number of alkyl halides is 6. The average molecular weight is 402 g/mol. The fourth-order valence-corrected chi connectivity index (χ4v) is 2.73. The molecule has 0 saturated carbocycles. The van der Waals surface area contributed by atoms with Gasteiger partial charge in [0.1, 0.15) is 7.05 Å². The average Bonchev–Trinajstić information content (AvgIpc) is 2.31. The van der Waals surface area contributed by atoms with Crippen LogP contribution in [0, 0.1) is 13.8 Å². The van der Waals surface area contributed by atoms with Gasteiger partial charge in [0.05, 0.1) is 0 Å². The minimum atomic E-state index is -6.72. The van der Waals surface area contributed by atoms with Crippen LogP contribution in [0.25, 0.3) is 4.13 Å². The molecule has 0 fully saturated rings. The summed E-state index contributed by atoms with van der Waals surface area (Å²) in [5, 5.41) is 0. The van der Waals surface area contributed by atoms with E-state index in [-0.39, 0.29) is 0 Å². The standard InChI is InChI=1S/C8H12N.C2F6NO4S2/c1-7-4-5-9(3)6-8(7)2;3-1(4,5)14(10,11)9-15(12,13)2(6,7)8/h4-6H,1-3H3;/q+1;-1. The van der Waals surface area contributed by atoms with Gasteiger partial charge in [-0.05, 0) is 19.4 Å². The first kappa shape index (κ1) is 22.6. The molecule has 24 heavy (non-hydrogen) atoms. The predicted octanol–water partition coefficient (Wildman–Crippen LogP) is 2.19. The van der Waals surface area contributed by atoms with Gasteiger partial charge >= 0.3 is 11.0 Å². The molecule has 1 heterocycles. The summed E-state index contributed by atoms with van der Waals surface area (Å²) >= 11 is 0. The summed E-state index contributed by atoms with van der Waals surface area (Å²) in [6.45, 7) is 4.24. The molecule has 0 aliphatic heterocycles. The van der Waals surface area contributed by atoms with Gasteiger partial charge in [-0.2, -0.15) is 26.3 Å². The molecule has 0 amide bonds. The van der Waals surface area contributed by atoms with Crippen LogP contribution in [-0.4, -0.2) is 27.9 Å². The van der Waals surface area contributed by atoms with E-state index in [1.807, 2.05) is 7.05 Å². The van der Waals surface area contributed by atoms with Crippen LogP contribution >= 0.6 is 0 Å². The highest BCUT2D eigenvalue weighted by Crippen LogP contribution is 2.36. The number of aryl methyl sites for hydroxylation is 3. The van der Waals surface area contributed by atoms with Gasteiger partial charge in [0.25, 0.3) is 0 Å². The van der Waals surface area contributed by atoms with Gasteiger partial charge in [-0.3, -0.25) is 0 Å². The molecule has 0 saturated heterocycles. The second-order valence-electron chi connectivity index (χ2n) is 4.39. The highest BCUT2D eigenvalue weighted by Gasteiger charge is 2.46. The molecule has 0 radical (unpaired) electrons. The van der Waals surface area contributed by atoms with Crippen molar-refractivity contribution in [3.8, 4) is 0 Å². The number of pyridine rings is 1. The zero-order valence-electron chi connectivity index (χ0n) is 12.3. The van der Waals surface area contributed by atoms with Crippen molar-refractivity contribution in [2.45, 2.75) is 24.9 Å². The zero-order valence-corrected chi connectivity index (χ0v) is 14.0. The van der Waals surface area contributed by atoms with Crippen molar-refractivity contribution < 1.29 is 47.7 Å².